The Hall–Kier alpha value is -2.67. The third kappa shape index (κ3) is 3.54. The van der Waals surface area contributed by atoms with Crippen LogP contribution in [0.4, 0.5) is 17.1 Å². The number of benzene rings is 2. The molecular weight excluding hydrogens is 422 g/mol. The molecule has 0 unspecified atom stereocenters. The van der Waals surface area contributed by atoms with Crippen molar-refractivity contribution in [3.8, 4) is 0 Å². The zero-order valence-electron chi connectivity index (χ0n) is 15.4. The Bertz CT molecular complexity index is 975. The van der Waals surface area contributed by atoms with Gasteiger partial charge in [-0.05, 0) is 48.4 Å². The van der Waals surface area contributed by atoms with E-state index < -0.39 is 5.92 Å². The number of amides is 3. The Kier molecular flexibility index (Phi) is 4.93. The van der Waals surface area contributed by atoms with Gasteiger partial charge in [0.25, 0.3) is 0 Å². The average molecular weight is 442 g/mol. The summed E-state index contributed by atoms with van der Waals surface area (Å²) in [6.45, 7) is 2.58. The van der Waals surface area contributed by atoms with Gasteiger partial charge in [-0.25, -0.2) is 0 Å². The second-order valence-corrected chi connectivity index (χ2v) is 8.05. The lowest BCUT2D eigenvalue weighted by atomic mass is 10.1. The van der Waals surface area contributed by atoms with Crippen molar-refractivity contribution in [2.24, 2.45) is 5.92 Å². The van der Waals surface area contributed by atoms with Gasteiger partial charge in [-0.2, -0.15) is 0 Å². The second kappa shape index (κ2) is 7.39. The third-order valence-electron chi connectivity index (χ3n) is 5.24. The van der Waals surface area contributed by atoms with E-state index in [-0.39, 0.29) is 24.1 Å². The van der Waals surface area contributed by atoms with Crippen molar-refractivity contribution in [2.75, 3.05) is 28.2 Å². The molecule has 0 aliphatic carbocycles. The molecule has 28 heavy (non-hydrogen) atoms. The molecule has 0 bridgehead atoms. The van der Waals surface area contributed by atoms with E-state index in [0.29, 0.717) is 18.8 Å². The van der Waals surface area contributed by atoms with E-state index in [1.54, 1.807) is 16.7 Å². The number of halogens is 1. The van der Waals surface area contributed by atoms with Gasteiger partial charge < -0.3 is 15.1 Å². The van der Waals surface area contributed by atoms with E-state index in [4.69, 9.17) is 0 Å². The number of hydrogen-bond donors (Lipinski definition) is 1. The van der Waals surface area contributed by atoms with Crippen molar-refractivity contribution >= 4 is 50.7 Å². The van der Waals surface area contributed by atoms with Crippen LogP contribution < -0.4 is 15.1 Å². The lowest BCUT2D eigenvalue weighted by Crippen LogP contribution is -2.28. The summed E-state index contributed by atoms with van der Waals surface area (Å²) in [5, 5.41) is 2.89. The van der Waals surface area contributed by atoms with E-state index in [9.17, 15) is 14.4 Å². The molecule has 144 valence electrons. The molecule has 4 rings (SSSR count). The van der Waals surface area contributed by atoms with Crippen LogP contribution in [0.1, 0.15) is 18.9 Å². The summed E-state index contributed by atoms with van der Waals surface area (Å²) < 4.78 is 0.882. The molecule has 2 aromatic rings. The standard InChI is InChI=1S/C21H20BrN3O3/c1-13(26)24-8-7-14-9-18(5-6-19(14)24)25-12-15(10-20(25)27)21(28)23-17-4-2-3-16(22)11-17/h2-6,9,11,15H,7-8,10,12H2,1H3,(H,23,28)/t15-/m0/s1. The SMILES string of the molecule is CC(=O)N1CCc2cc(N3C[C@@H](C(=O)Nc4cccc(Br)c4)CC3=O)ccc21. The monoisotopic (exact) mass is 441 g/mol. The molecule has 7 heteroatoms. The molecule has 1 saturated heterocycles. The molecule has 2 heterocycles. The van der Waals surface area contributed by atoms with Crippen molar-refractivity contribution in [1.29, 1.82) is 0 Å². The van der Waals surface area contributed by atoms with Gasteiger partial charge in [0, 0.05) is 48.0 Å². The highest BCUT2D eigenvalue weighted by molar-refractivity contribution is 9.10. The summed E-state index contributed by atoms with van der Waals surface area (Å²) in [5.74, 6) is -0.588. The smallest absolute Gasteiger partial charge is 0.229 e. The van der Waals surface area contributed by atoms with E-state index in [2.05, 4.69) is 21.2 Å². The van der Waals surface area contributed by atoms with Gasteiger partial charge in [0.15, 0.2) is 0 Å². The largest absolute Gasteiger partial charge is 0.326 e. The molecule has 2 aliphatic heterocycles. The topological polar surface area (TPSA) is 69.7 Å². The fourth-order valence-corrected chi connectivity index (χ4v) is 4.23. The molecule has 1 atom stereocenters. The van der Waals surface area contributed by atoms with Crippen molar-refractivity contribution in [3.05, 3.63) is 52.5 Å². The van der Waals surface area contributed by atoms with Crippen molar-refractivity contribution in [1.82, 2.24) is 0 Å². The van der Waals surface area contributed by atoms with Crippen LogP contribution in [0.25, 0.3) is 0 Å². The molecule has 0 spiro atoms. The minimum atomic E-state index is -0.395. The van der Waals surface area contributed by atoms with Crippen LogP contribution in [-0.4, -0.2) is 30.8 Å². The van der Waals surface area contributed by atoms with Crippen LogP contribution in [0.2, 0.25) is 0 Å². The summed E-state index contributed by atoms with van der Waals surface area (Å²) in [6, 6.07) is 13.1. The first-order chi connectivity index (χ1) is 13.4. The number of rotatable bonds is 3. The lowest BCUT2D eigenvalue weighted by Gasteiger charge is -2.19. The number of anilines is 3. The second-order valence-electron chi connectivity index (χ2n) is 7.14. The maximum absolute atomic E-state index is 12.6. The normalized spacial score (nSPS) is 18.4. The van der Waals surface area contributed by atoms with Crippen molar-refractivity contribution in [2.45, 2.75) is 19.8 Å². The van der Waals surface area contributed by atoms with Crippen molar-refractivity contribution in [3.63, 3.8) is 0 Å². The average Bonchev–Trinajstić information content (AvgIpc) is 3.24. The minimum absolute atomic E-state index is 0.0213. The fourth-order valence-electron chi connectivity index (χ4n) is 3.83. The molecule has 0 radical (unpaired) electrons. The van der Waals surface area contributed by atoms with Crippen LogP contribution in [0.5, 0.6) is 0 Å². The van der Waals surface area contributed by atoms with Gasteiger partial charge in [-0.3, -0.25) is 14.4 Å². The molecule has 1 N–H and O–H groups in total. The zero-order chi connectivity index (χ0) is 19.8. The summed E-state index contributed by atoms with van der Waals surface area (Å²) >= 11 is 3.38. The first-order valence-corrected chi connectivity index (χ1v) is 9.99. The Labute approximate surface area is 171 Å². The van der Waals surface area contributed by atoms with E-state index in [1.165, 1.54) is 0 Å². The van der Waals surface area contributed by atoms with Crippen LogP contribution in [0, 0.1) is 5.92 Å². The number of nitrogens with zero attached hydrogens (tertiary/aromatic N) is 2. The van der Waals surface area contributed by atoms with Crippen LogP contribution >= 0.6 is 15.9 Å². The lowest BCUT2D eigenvalue weighted by molar-refractivity contribution is -0.122. The summed E-state index contributed by atoms with van der Waals surface area (Å²) in [5.41, 5.74) is 3.45. The fraction of sp³-hybridized carbons (Fsp3) is 0.286. The molecule has 2 aliphatic rings. The Balaban J connectivity index is 1.48. The van der Waals surface area contributed by atoms with Gasteiger partial charge in [-0.15, -0.1) is 0 Å². The number of carbonyl (C=O) groups is 3. The first-order valence-electron chi connectivity index (χ1n) is 9.20. The highest BCUT2D eigenvalue weighted by atomic mass is 79.9. The molecule has 6 nitrogen and oxygen atoms in total. The van der Waals surface area contributed by atoms with Crippen LogP contribution in [-0.2, 0) is 20.8 Å². The highest BCUT2D eigenvalue weighted by Crippen LogP contribution is 2.34. The Morgan fingerprint density at radius 3 is 2.75 bits per heavy atom. The maximum Gasteiger partial charge on any atom is 0.229 e. The Morgan fingerprint density at radius 1 is 1.18 bits per heavy atom. The van der Waals surface area contributed by atoms with Gasteiger partial charge in [0.05, 0.1) is 5.92 Å². The summed E-state index contributed by atoms with van der Waals surface area (Å²) in [7, 11) is 0. The predicted octanol–water partition coefficient (Wildman–Crippen LogP) is 3.35. The number of nitrogens with one attached hydrogen (secondary N) is 1. The van der Waals surface area contributed by atoms with Gasteiger partial charge in [0.2, 0.25) is 17.7 Å². The third-order valence-corrected chi connectivity index (χ3v) is 5.73. The van der Waals surface area contributed by atoms with E-state index >= 15 is 0 Å². The molecule has 0 aromatic heterocycles. The molecule has 3 amide bonds. The number of hydrogen-bond acceptors (Lipinski definition) is 3. The van der Waals surface area contributed by atoms with Crippen LogP contribution in [0.3, 0.4) is 0 Å². The van der Waals surface area contributed by atoms with Gasteiger partial charge in [0.1, 0.15) is 0 Å². The highest BCUT2D eigenvalue weighted by Gasteiger charge is 2.36. The Morgan fingerprint density at radius 2 is 2.00 bits per heavy atom. The first kappa shape index (κ1) is 18.7. The summed E-state index contributed by atoms with van der Waals surface area (Å²) in [6.07, 6.45) is 0.966. The predicted molar refractivity (Wildman–Crippen MR) is 111 cm³/mol. The van der Waals surface area contributed by atoms with Gasteiger partial charge in [-0.1, -0.05) is 22.0 Å². The quantitative estimate of drug-likeness (QED) is 0.793. The molecular formula is C21H20BrN3O3. The molecule has 1 fully saturated rings. The number of fused-ring (bicyclic) bond motifs is 1. The zero-order valence-corrected chi connectivity index (χ0v) is 17.0. The van der Waals surface area contributed by atoms with Gasteiger partial charge >= 0.3 is 0 Å². The minimum Gasteiger partial charge on any atom is -0.326 e. The maximum atomic E-state index is 12.6. The number of carbonyl (C=O) groups excluding carboxylic acids is 3. The van der Waals surface area contributed by atoms with E-state index in [1.807, 2.05) is 42.5 Å². The van der Waals surface area contributed by atoms with E-state index in [0.717, 1.165) is 27.8 Å². The molecule has 0 saturated carbocycles. The summed E-state index contributed by atoms with van der Waals surface area (Å²) in [4.78, 5) is 40.3. The van der Waals surface area contributed by atoms with Crippen LogP contribution in [0.15, 0.2) is 46.9 Å². The van der Waals surface area contributed by atoms with Crippen molar-refractivity contribution < 1.29 is 14.4 Å². The molecule has 2 aromatic carbocycles.